The number of rotatable bonds is 4. The maximum atomic E-state index is 12.9. The van der Waals surface area contributed by atoms with Gasteiger partial charge in [0.1, 0.15) is 11.3 Å². The van der Waals surface area contributed by atoms with Gasteiger partial charge in [0.2, 0.25) is 0 Å². The summed E-state index contributed by atoms with van der Waals surface area (Å²) in [6, 6.07) is 0. The number of nitrogens with zero attached hydrogens (tertiary/aromatic N) is 2. The molecule has 2 aliphatic carbocycles. The Morgan fingerprint density at radius 1 is 1.15 bits per heavy atom. The Balaban J connectivity index is 1.72. The van der Waals surface area contributed by atoms with E-state index in [1.54, 1.807) is 18.3 Å². The van der Waals surface area contributed by atoms with E-state index in [9.17, 15) is 9.59 Å². The third kappa shape index (κ3) is 3.11. The first-order valence-corrected chi connectivity index (χ1v) is 9.92. The number of amides is 1. The van der Waals surface area contributed by atoms with Crippen molar-refractivity contribution in [2.45, 2.75) is 58.3 Å². The molecule has 0 bridgehead atoms. The van der Waals surface area contributed by atoms with Gasteiger partial charge < -0.3 is 9.84 Å². The maximum absolute atomic E-state index is 12.9. The molecule has 0 saturated carbocycles. The molecule has 2 heterocycles. The van der Waals surface area contributed by atoms with Crippen LogP contribution < -0.4 is 5.32 Å². The Kier molecular flexibility index (Phi) is 4.72. The van der Waals surface area contributed by atoms with Gasteiger partial charge in [-0.25, -0.2) is 0 Å². The first kappa shape index (κ1) is 17.1. The molecule has 0 unspecified atom stereocenters. The molecule has 7 heteroatoms. The lowest BCUT2D eigenvalue weighted by Crippen LogP contribution is -2.18. The summed E-state index contributed by atoms with van der Waals surface area (Å²) in [6.07, 6.45) is 8.32. The predicted octanol–water partition coefficient (Wildman–Crippen LogP) is 3.99. The van der Waals surface area contributed by atoms with Crippen LogP contribution in [0.2, 0.25) is 0 Å². The molecule has 0 atom stereocenters. The van der Waals surface area contributed by atoms with Gasteiger partial charge in [0.15, 0.2) is 5.82 Å². The second kappa shape index (κ2) is 7.15. The molecule has 0 fully saturated rings. The molecule has 26 heavy (non-hydrogen) atoms. The van der Waals surface area contributed by atoms with Crippen molar-refractivity contribution in [1.82, 2.24) is 10.1 Å². The molecule has 2 aromatic rings. The summed E-state index contributed by atoms with van der Waals surface area (Å²) < 4.78 is 5.41. The summed E-state index contributed by atoms with van der Waals surface area (Å²) in [4.78, 5) is 29.8. The van der Waals surface area contributed by atoms with E-state index in [1.165, 1.54) is 10.4 Å². The van der Waals surface area contributed by atoms with Gasteiger partial charge in [0, 0.05) is 16.0 Å². The van der Waals surface area contributed by atoms with Crippen molar-refractivity contribution >= 4 is 28.5 Å². The van der Waals surface area contributed by atoms with Crippen molar-refractivity contribution in [2.24, 2.45) is 0 Å². The van der Waals surface area contributed by atoms with Crippen LogP contribution in [-0.2, 0) is 22.4 Å². The minimum atomic E-state index is -0.178. The van der Waals surface area contributed by atoms with Crippen molar-refractivity contribution in [3.63, 3.8) is 0 Å². The number of carbonyl (C=O) groups excluding carboxylic acids is 2. The number of hydrogen-bond donors (Lipinski definition) is 1. The van der Waals surface area contributed by atoms with Crippen LogP contribution >= 0.6 is 11.3 Å². The van der Waals surface area contributed by atoms with Crippen molar-refractivity contribution in [2.75, 3.05) is 5.32 Å². The molecule has 0 spiro atoms. The highest BCUT2D eigenvalue weighted by molar-refractivity contribution is 7.17. The van der Waals surface area contributed by atoms with Crippen LogP contribution in [0, 0.1) is 6.92 Å². The first-order valence-electron chi connectivity index (χ1n) is 9.11. The second-order valence-electron chi connectivity index (χ2n) is 6.84. The number of hydrogen-bond acceptors (Lipinski definition) is 6. The summed E-state index contributed by atoms with van der Waals surface area (Å²) in [5.41, 5.74) is 3.33. The standard InChI is InChI=1S/C19H21N3O3S/c1-11-20-18(25-22-11)16-14-8-4-5-9-15(14)26-19(16)21-17(24)13-7-3-2-6-12(13)10-23/h10H,2-9H2,1H3,(H,21,24). The Morgan fingerprint density at radius 3 is 2.69 bits per heavy atom. The van der Waals surface area contributed by atoms with Crippen molar-refractivity contribution in [1.29, 1.82) is 0 Å². The molecular weight excluding hydrogens is 350 g/mol. The van der Waals surface area contributed by atoms with E-state index in [-0.39, 0.29) is 5.91 Å². The van der Waals surface area contributed by atoms with Crippen LogP contribution in [0.3, 0.4) is 0 Å². The van der Waals surface area contributed by atoms with E-state index in [1.807, 2.05) is 0 Å². The maximum Gasteiger partial charge on any atom is 0.261 e. The third-order valence-electron chi connectivity index (χ3n) is 5.07. The number of allylic oxidation sites excluding steroid dienone is 1. The van der Waals surface area contributed by atoms with Crippen molar-refractivity contribution in [3.8, 4) is 11.5 Å². The van der Waals surface area contributed by atoms with Gasteiger partial charge in [-0.2, -0.15) is 4.98 Å². The van der Waals surface area contributed by atoms with E-state index < -0.39 is 0 Å². The molecule has 0 aliphatic heterocycles. The Hall–Kier alpha value is -2.28. The minimum absolute atomic E-state index is 0.178. The van der Waals surface area contributed by atoms with Crippen LogP contribution in [-0.4, -0.2) is 22.3 Å². The zero-order valence-corrected chi connectivity index (χ0v) is 15.6. The smallest absolute Gasteiger partial charge is 0.261 e. The molecule has 6 nitrogen and oxygen atoms in total. The van der Waals surface area contributed by atoms with Crippen LogP contribution in [0.4, 0.5) is 5.00 Å². The second-order valence-corrected chi connectivity index (χ2v) is 7.95. The highest BCUT2D eigenvalue weighted by Gasteiger charge is 2.27. The number of nitrogens with one attached hydrogen (secondary N) is 1. The van der Waals surface area contributed by atoms with E-state index in [4.69, 9.17) is 4.52 Å². The molecule has 4 rings (SSSR count). The van der Waals surface area contributed by atoms with E-state index in [2.05, 4.69) is 15.5 Å². The van der Waals surface area contributed by atoms with Crippen LogP contribution in [0.5, 0.6) is 0 Å². The largest absolute Gasteiger partial charge is 0.334 e. The summed E-state index contributed by atoms with van der Waals surface area (Å²) in [5.74, 6) is 0.861. The fourth-order valence-electron chi connectivity index (χ4n) is 3.78. The van der Waals surface area contributed by atoms with Gasteiger partial charge in [-0.05, 0) is 63.9 Å². The number of thiophene rings is 1. The molecule has 2 aromatic heterocycles. The SMILES string of the molecule is Cc1noc(-c2c(NC(=O)C3=C(C=O)CCCC3)sc3c2CCCC3)n1. The normalized spacial score (nSPS) is 17.1. The number of carbonyl (C=O) groups is 2. The number of anilines is 1. The Bertz CT molecular complexity index is 894. The Labute approximate surface area is 155 Å². The van der Waals surface area contributed by atoms with Crippen LogP contribution in [0.25, 0.3) is 11.5 Å². The number of aryl methyl sites for hydroxylation is 2. The molecule has 136 valence electrons. The van der Waals surface area contributed by atoms with Gasteiger partial charge >= 0.3 is 0 Å². The lowest BCUT2D eigenvalue weighted by Gasteiger charge is -2.16. The lowest BCUT2D eigenvalue weighted by molar-refractivity contribution is -0.113. The fourth-order valence-corrected chi connectivity index (χ4v) is 5.05. The quantitative estimate of drug-likeness (QED) is 0.821. The predicted molar refractivity (Wildman–Crippen MR) is 99.2 cm³/mol. The van der Waals surface area contributed by atoms with Gasteiger partial charge in [0.05, 0.1) is 5.56 Å². The Morgan fingerprint density at radius 2 is 1.92 bits per heavy atom. The van der Waals surface area contributed by atoms with E-state index >= 15 is 0 Å². The molecule has 0 radical (unpaired) electrons. The first-order chi connectivity index (χ1) is 12.7. The van der Waals surface area contributed by atoms with Crippen LogP contribution in [0.1, 0.15) is 54.8 Å². The topological polar surface area (TPSA) is 85.1 Å². The third-order valence-corrected chi connectivity index (χ3v) is 6.27. The number of aldehydes is 1. The zero-order chi connectivity index (χ0) is 18.1. The lowest BCUT2D eigenvalue weighted by atomic mass is 9.92. The molecule has 1 N–H and O–H groups in total. The summed E-state index contributed by atoms with van der Waals surface area (Å²) in [5, 5.41) is 7.71. The van der Waals surface area contributed by atoms with Gasteiger partial charge in [-0.15, -0.1) is 11.3 Å². The molecular formula is C19H21N3O3S. The summed E-state index contributed by atoms with van der Waals surface area (Å²) in [6.45, 7) is 1.78. The van der Waals surface area contributed by atoms with Crippen LogP contribution in [0.15, 0.2) is 15.7 Å². The fraction of sp³-hybridized carbons (Fsp3) is 0.474. The number of aromatic nitrogens is 2. The average Bonchev–Trinajstić information content (AvgIpc) is 3.24. The number of fused-ring (bicyclic) bond motifs is 1. The van der Waals surface area contributed by atoms with Gasteiger partial charge in [-0.1, -0.05) is 5.16 Å². The summed E-state index contributed by atoms with van der Waals surface area (Å²) >= 11 is 1.60. The molecule has 0 aromatic carbocycles. The molecule has 2 aliphatic rings. The van der Waals surface area contributed by atoms with Crippen molar-refractivity contribution in [3.05, 3.63) is 27.4 Å². The van der Waals surface area contributed by atoms with Gasteiger partial charge in [0.25, 0.3) is 11.8 Å². The minimum Gasteiger partial charge on any atom is -0.334 e. The highest BCUT2D eigenvalue weighted by Crippen LogP contribution is 2.44. The summed E-state index contributed by atoms with van der Waals surface area (Å²) in [7, 11) is 0. The van der Waals surface area contributed by atoms with E-state index in [0.717, 1.165) is 55.4 Å². The van der Waals surface area contributed by atoms with Gasteiger partial charge in [-0.3, -0.25) is 9.59 Å². The highest BCUT2D eigenvalue weighted by atomic mass is 32.1. The average molecular weight is 371 g/mol. The van der Waals surface area contributed by atoms with Crippen molar-refractivity contribution < 1.29 is 14.1 Å². The van der Waals surface area contributed by atoms with E-state index in [0.29, 0.717) is 35.7 Å². The molecule has 1 amide bonds. The zero-order valence-electron chi connectivity index (χ0n) is 14.8. The molecule has 0 saturated heterocycles. The monoisotopic (exact) mass is 371 g/mol.